The smallest absolute Gasteiger partial charge is 0.337 e. The van der Waals surface area contributed by atoms with Gasteiger partial charge in [0.25, 0.3) is 0 Å². The molecule has 2 unspecified atom stereocenters. The van der Waals surface area contributed by atoms with E-state index in [0.29, 0.717) is 10.9 Å². The maximum Gasteiger partial charge on any atom is 0.337 e. The second-order valence-electron chi connectivity index (χ2n) is 5.14. The molecule has 1 aromatic carbocycles. The summed E-state index contributed by atoms with van der Waals surface area (Å²) in [6, 6.07) is 6.43. The molecule has 1 aliphatic rings. The van der Waals surface area contributed by atoms with Crippen molar-refractivity contribution in [2.24, 2.45) is 0 Å². The molecule has 1 saturated carbocycles. The molecule has 5 nitrogen and oxygen atoms in total. The molecule has 6 heteroatoms. The molecule has 1 aromatic rings. The van der Waals surface area contributed by atoms with Crippen molar-refractivity contribution in [3.05, 3.63) is 29.8 Å². The number of urea groups is 1. The van der Waals surface area contributed by atoms with Crippen LogP contribution in [0.4, 0.5) is 10.5 Å². The number of carbonyl (C=O) groups excluding carboxylic acids is 1. The van der Waals surface area contributed by atoms with Crippen LogP contribution in [-0.4, -0.2) is 41.7 Å². The molecule has 2 N–H and O–H groups in total. The minimum atomic E-state index is -1.03. The topological polar surface area (TPSA) is 69.6 Å². The van der Waals surface area contributed by atoms with Crippen molar-refractivity contribution in [3.8, 4) is 0 Å². The average molecular weight is 308 g/mol. The first-order valence-electron chi connectivity index (χ1n) is 6.94. The Hall–Kier alpha value is -1.69. The molecule has 0 bridgehead atoms. The molecular formula is C15H20N2O3S. The highest BCUT2D eigenvalue weighted by molar-refractivity contribution is 7.99. The van der Waals surface area contributed by atoms with Gasteiger partial charge in [-0.3, -0.25) is 4.90 Å². The normalized spacial score (nSPS) is 21.0. The van der Waals surface area contributed by atoms with Gasteiger partial charge in [0.1, 0.15) is 0 Å². The first kappa shape index (κ1) is 15.7. The summed E-state index contributed by atoms with van der Waals surface area (Å²) in [5.41, 5.74) is 0.532. The molecule has 2 atom stereocenters. The van der Waals surface area contributed by atoms with E-state index in [0.717, 1.165) is 19.3 Å². The molecule has 0 spiro atoms. The zero-order valence-electron chi connectivity index (χ0n) is 12.2. The van der Waals surface area contributed by atoms with Gasteiger partial charge in [-0.1, -0.05) is 18.6 Å². The number of anilines is 1. The zero-order valence-corrected chi connectivity index (χ0v) is 13.0. The number of thioether (sulfide) groups is 1. The zero-order chi connectivity index (χ0) is 15.4. The third kappa shape index (κ3) is 3.50. The van der Waals surface area contributed by atoms with Crippen LogP contribution in [0.5, 0.6) is 0 Å². The van der Waals surface area contributed by atoms with Crippen molar-refractivity contribution in [1.82, 2.24) is 5.32 Å². The third-order valence-electron chi connectivity index (χ3n) is 3.86. The van der Waals surface area contributed by atoms with Crippen LogP contribution in [0.3, 0.4) is 0 Å². The summed E-state index contributed by atoms with van der Waals surface area (Å²) in [4.78, 5) is 25.0. The number of hydrogen-bond acceptors (Lipinski definition) is 3. The number of amides is 2. The van der Waals surface area contributed by atoms with Gasteiger partial charge < -0.3 is 10.4 Å². The summed E-state index contributed by atoms with van der Waals surface area (Å²) in [5, 5.41) is 12.7. The lowest BCUT2D eigenvalue weighted by molar-refractivity contribution is 0.0697. The van der Waals surface area contributed by atoms with Crippen LogP contribution in [0.25, 0.3) is 0 Å². The SMILES string of the molecule is CSC1CCCC1NC(=O)N(C)c1ccccc1C(=O)O. The summed E-state index contributed by atoms with van der Waals surface area (Å²) in [5.74, 6) is -1.03. The van der Waals surface area contributed by atoms with E-state index in [2.05, 4.69) is 11.6 Å². The molecule has 1 fully saturated rings. The Balaban J connectivity index is 2.11. The standard InChI is InChI=1S/C15H20N2O3S/c1-17(12-8-4-3-6-10(12)14(18)19)15(20)16-11-7-5-9-13(11)21-2/h3-4,6,8,11,13H,5,7,9H2,1-2H3,(H,16,20)(H,18,19). The molecular weight excluding hydrogens is 288 g/mol. The van der Waals surface area contributed by atoms with E-state index >= 15 is 0 Å². The van der Waals surface area contributed by atoms with Crippen molar-refractivity contribution >= 4 is 29.4 Å². The van der Waals surface area contributed by atoms with E-state index in [1.165, 1.54) is 11.0 Å². The van der Waals surface area contributed by atoms with Crippen LogP contribution in [0.2, 0.25) is 0 Å². The van der Waals surface area contributed by atoms with E-state index in [-0.39, 0.29) is 17.6 Å². The number of aromatic carboxylic acids is 1. The summed E-state index contributed by atoms with van der Waals surface area (Å²) < 4.78 is 0. The summed E-state index contributed by atoms with van der Waals surface area (Å²) in [6.07, 6.45) is 5.26. The van der Waals surface area contributed by atoms with Crippen LogP contribution in [0, 0.1) is 0 Å². The number of rotatable bonds is 4. The Morgan fingerprint density at radius 1 is 1.33 bits per heavy atom. The second-order valence-corrected chi connectivity index (χ2v) is 6.22. The Morgan fingerprint density at radius 2 is 2.05 bits per heavy atom. The maximum absolute atomic E-state index is 12.3. The lowest BCUT2D eigenvalue weighted by Crippen LogP contribution is -2.45. The van der Waals surface area contributed by atoms with E-state index in [9.17, 15) is 14.7 Å². The number of nitrogens with zero attached hydrogens (tertiary/aromatic N) is 1. The van der Waals surface area contributed by atoms with Gasteiger partial charge >= 0.3 is 12.0 Å². The van der Waals surface area contributed by atoms with Crippen LogP contribution in [0.1, 0.15) is 29.6 Å². The van der Waals surface area contributed by atoms with E-state index in [1.807, 2.05) is 0 Å². The van der Waals surface area contributed by atoms with Crippen LogP contribution < -0.4 is 10.2 Å². The number of hydrogen-bond donors (Lipinski definition) is 2. The number of benzene rings is 1. The van der Waals surface area contributed by atoms with Gasteiger partial charge in [0.15, 0.2) is 0 Å². The molecule has 114 valence electrons. The Labute approximate surface area is 128 Å². The summed E-state index contributed by atoms with van der Waals surface area (Å²) >= 11 is 1.77. The fraction of sp³-hybridized carbons (Fsp3) is 0.467. The van der Waals surface area contributed by atoms with Crippen LogP contribution in [-0.2, 0) is 0 Å². The molecule has 0 heterocycles. The first-order valence-corrected chi connectivity index (χ1v) is 8.22. The van der Waals surface area contributed by atoms with Gasteiger partial charge in [0.05, 0.1) is 11.3 Å². The molecule has 0 saturated heterocycles. The predicted molar refractivity (Wildman–Crippen MR) is 85.3 cm³/mol. The minimum absolute atomic E-state index is 0.128. The molecule has 0 aromatic heterocycles. The second kappa shape index (κ2) is 6.85. The highest BCUT2D eigenvalue weighted by Crippen LogP contribution is 2.28. The van der Waals surface area contributed by atoms with Crippen molar-refractivity contribution in [2.75, 3.05) is 18.2 Å². The Morgan fingerprint density at radius 3 is 2.71 bits per heavy atom. The van der Waals surface area contributed by atoms with Crippen molar-refractivity contribution in [1.29, 1.82) is 0 Å². The fourth-order valence-corrected chi connectivity index (χ4v) is 3.62. The van der Waals surface area contributed by atoms with Gasteiger partial charge in [0.2, 0.25) is 0 Å². The van der Waals surface area contributed by atoms with Crippen molar-refractivity contribution < 1.29 is 14.7 Å². The highest BCUT2D eigenvalue weighted by Gasteiger charge is 2.29. The number of para-hydroxylation sites is 1. The van der Waals surface area contributed by atoms with Gasteiger partial charge in [-0.15, -0.1) is 0 Å². The number of carbonyl (C=O) groups is 2. The third-order valence-corrected chi connectivity index (χ3v) is 5.03. The summed E-state index contributed by atoms with van der Waals surface area (Å²) in [6.45, 7) is 0. The molecule has 21 heavy (non-hydrogen) atoms. The van der Waals surface area contributed by atoms with Crippen molar-refractivity contribution in [3.63, 3.8) is 0 Å². The molecule has 2 rings (SSSR count). The van der Waals surface area contributed by atoms with Crippen LogP contribution in [0.15, 0.2) is 24.3 Å². The van der Waals surface area contributed by atoms with E-state index in [1.54, 1.807) is 37.0 Å². The molecule has 1 aliphatic carbocycles. The van der Waals surface area contributed by atoms with Crippen molar-refractivity contribution in [2.45, 2.75) is 30.6 Å². The van der Waals surface area contributed by atoms with Gasteiger partial charge in [0, 0.05) is 18.3 Å². The summed E-state index contributed by atoms with van der Waals surface area (Å²) in [7, 11) is 1.60. The lowest BCUT2D eigenvalue weighted by atomic mass is 10.1. The molecule has 0 radical (unpaired) electrons. The molecule has 2 amide bonds. The maximum atomic E-state index is 12.3. The largest absolute Gasteiger partial charge is 0.478 e. The molecule has 0 aliphatic heterocycles. The minimum Gasteiger partial charge on any atom is -0.478 e. The Bertz CT molecular complexity index is 535. The quantitative estimate of drug-likeness (QED) is 0.897. The number of carboxylic acids is 1. The first-order chi connectivity index (χ1) is 10.0. The van der Waals surface area contributed by atoms with E-state index in [4.69, 9.17) is 0 Å². The number of nitrogens with one attached hydrogen (secondary N) is 1. The van der Waals surface area contributed by atoms with Gasteiger partial charge in [-0.05, 0) is 31.2 Å². The highest BCUT2D eigenvalue weighted by atomic mass is 32.2. The van der Waals surface area contributed by atoms with Gasteiger partial charge in [-0.2, -0.15) is 11.8 Å². The number of carboxylic acid groups (broad SMARTS) is 1. The average Bonchev–Trinajstić information content (AvgIpc) is 2.93. The monoisotopic (exact) mass is 308 g/mol. The lowest BCUT2D eigenvalue weighted by Gasteiger charge is -2.25. The Kier molecular flexibility index (Phi) is 5.12. The van der Waals surface area contributed by atoms with Crippen LogP contribution >= 0.6 is 11.8 Å². The predicted octanol–water partition coefficient (Wildman–Crippen LogP) is 2.81. The van der Waals surface area contributed by atoms with Gasteiger partial charge in [-0.25, -0.2) is 9.59 Å². The van der Waals surface area contributed by atoms with E-state index < -0.39 is 5.97 Å². The fourth-order valence-electron chi connectivity index (χ4n) is 2.69.